The van der Waals surface area contributed by atoms with Crippen molar-refractivity contribution in [3.63, 3.8) is 0 Å². The molecule has 1 aliphatic rings. The molecule has 1 N–H and O–H groups in total. The van der Waals surface area contributed by atoms with E-state index in [9.17, 15) is 20.0 Å². The summed E-state index contributed by atoms with van der Waals surface area (Å²) in [5, 5.41) is 19.4. The highest BCUT2D eigenvalue weighted by atomic mass is 79.9. The van der Waals surface area contributed by atoms with Gasteiger partial charge in [-0.15, -0.1) is 0 Å². The quantitative estimate of drug-likeness (QED) is 0.442. The van der Waals surface area contributed by atoms with E-state index >= 15 is 0 Å². The molecule has 0 aromatic heterocycles. The fourth-order valence-corrected chi connectivity index (χ4v) is 3.37. The van der Waals surface area contributed by atoms with E-state index in [-0.39, 0.29) is 16.9 Å². The first kappa shape index (κ1) is 19.5. The zero-order valence-electron chi connectivity index (χ0n) is 15.1. The summed E-state index contributed by atoms with van der Waals surface area (Å²) in [6, 6.07) is 13.7. The molecule has 0 bridgehead atoms. The van der Waals surface area contributed by atoms with E-state index in [1.807, 2.05) is 30.3 Å². The van der Waals surface area contributed by atoms with Crippen molar-refractivity contribution in [1.29, 1.82) is 5.26 Å². The molecule has 8 heteroatoms. The van der Waals surface area contributed by atoms with Gasteiger partial charge in [-0.2, -0.15) is 5.26 Å². The largest absolute Gasteiger partial charge is 0.507 e. The Balaban J connectivity index is 1.82. The summed E-state index contributed by atoms with van der Waals surface area (Å²) >= 11 is 3.20. The van der Waals surface area contributed by atoms with Gasteiger partial charge in [-0.05, 0) is 30.3 Å². The molecule has 2 aromatic rings. The number of phenols is 1. The van der Waals surface area contributed by atoms with E-state index < -0.39 is 18.4 Å². The van der Waals surface area contributed by atoms with Crippen molar-refractivity contribution < 1.29 is 19.4 Å². The van der Waals surface area contributed by atoms with Gasteiger partial charge in [-0.25, -0.2) is 4.79 Å². The summed E-state index contributed by atoms with van der Waals surface area (Å²) in [7, 11) is 3.52. The van der Waals surface area contributed by atoms with Gasteiger partial charge in [-0.1, -0.05) is 28.1 Å². The fourth-order valence-electron chi connectivity index (χ4n) is 3.01. The van der Waals surface area contributed by atoms with Crippen molar-refractivity contribution in [2.45, 2.75) is 0 Å². The lowest BCUT2D eigenvalue weighted by molar-refractivity contribution is -0.118. The van der Waals surface area contributed by atoms with Gasteiger partial charge in [0.1, 0.15) is 28.8 Å². The number of hydrogen-bond donors (Lipinski definition) is 1. The minimum atomic E-state index is -0.856. The summed E-state index contributed by atoms with van der Waals surface area (Å²) in [5.74, 6) is -1.34. The second-order valence-corrected chi connectivity index (χ2v) is 6.99. The van der Waals surface area contributed by atoms with E-state index in [1.165, 1.54) is 12.1 Å². The maximum absolute atomic E-state index is 12.6. The molecule has 1 aliphatic heterocycles. The summed E-state index contributed by atoms with van der Waals surface area (Å²) in [4.78, 5) is 28.3. The Kier molecular flexibility index (Phi) is 5.38. The van der Waals surface area contributed by atoms with Crippen molar-refractivity contribution in [1.82, 2.24) is 0 Å². The van der Waals surface area contributed by atoms with Gasteiger partial charge >= 0.3 is 5.97 Å². The number of Topliss-reactive ketones (excluding diaryl/α,β-unsaturated/α-hetero) is 1. The molecule has 7 nitrogen and oxygen atoms in total. The number of nitriles is 1. The molecule has 0 radical (unpaired) electrons. The van der Waals surface area contributed by atoms with Gasteiger partial charge in [0.05, 0.1) is 11.4 Å². The highest BCUT2D eigenvalue weighted by Crippen LogP contribution is 2.40. The summed E-state index contributed by atoms with van der Waals surface area (Å²) in [5.41, 5.74) is 1.52. The molecule has 28 heavy (non-hydrogen) atoms. The van der Waals surface area contributed by atoms with Crippen LogP contribution in [0.4, 0.5) is 11.4 Å². The molecule has 0 saturated carbocycles. The van der Waals surface area contributed by atoms with Gasteiger partial charge in [0.2, 0.25) is 5.78 Å². The van der Waals surface area contributed by atoms with Crippen molar-refractivity contribution >= 4 is 39.1 Å². The number of carbonyl (C=O) groups excluding carboxylic acids is 2. The van der Waals surface area contributed by atoms with Crippen LogP contribution in [0.5, 0.6) is 5.75 Å². The Morgan fingerprint density at radius 2 is 1.75 bits per heavy atom. The van der Waals surface area contributed by atoms with Gasteiger partial charge in [0.25, 0.3) is 0 Å². The van der Waals surface area contributed by atoms with E-state index in [0.717, 1.165) is 11.4 Å². The lowest BCUT2D eigenvalue weighted by Crippen LogP contribution is -2.27. The number of halogens is 1. The Hall–Kier alpha value is -3.31. The number of ether oxygens (including phenoxy) is 1. The van der Waals surface area contributed by atoms with Crippen molar-refractivity contribution in [3.8, 4) is 11.8 Å². The van der Waals surface area contributed by atoms with Gasteiger partial charge < -0.3 is 19.6 Å². The highest BCUT2D eigenvalue weighted by molar-refractivity contribution is 9.10. The molecule has 1 heterocycles. The predicted octanol–water partition coefficient (Wildman–Crippen LogP) is 3.20. The van der Waals surface area contributed by atoms with Crippen LogP contribution in [0.15, 0.2) is 58.3 Å². The first-order chi connectivity index (χ1) is 13.3. The topological polar surface area (TPSA) is 93.9 Å². The second kappa shape index (κ2) is 7.74. The molecular weight excluding hydrogens is 426 g/mol. The fraction of sp³-hybridized carbons (Fsp3) is 0.150. The minimum absolute atomic E-state index is 0.0733. The van der Waals surface area contributed by atoms with Crippen LogP contribution in [0.1, 0.15) is 10.4 Å². The lowest BCUT2D eigenvalue weighted by atomic mass is 10.1. The molecule has 3 rings (SSSR count). The molecule has 0 fully saturated rings. The molecule has 2 aromatic carbocycles. The third kappa shape index (κ3) is 3.44. The molecule has 142 valence electrons. The van der Waals surface area contributed by atoms with Crippen molar-refractivity contribution in [2.75, 3.05) is 30.5 Å². The number of hydrogen-bond acceptors (Lipinski definition) is 7. The van der Waals surface area contributed by atoms with Crippen molar-refractivity contribution in [2.24, 2.45) is 0 Å². The number of anilines is 2. The summed E-state index contributed by atoms with van der Waals surface area (Å²) in [6.45, 7) is -0.616. The maximum atomic E-state index is 12.6. The van der Waals surface area contributed by atoms with Crippen LogP contribution < -0.4 is 9.80 Å². The number of esters is 1. The normalized spacial score (nSPS) is 12.4. The summed E-state index contributed by atoms with van der Waals surface area (Å²) < 4.78 is 5.60. The number of nitrogens with zero attached hydrogens (tertiary/aromatic N) is 3. The third-order valence-corrected chi connectivity index (χ3v) is 4.86. The number of carbonyl (C=O) groups is 2. The average Bonchev–Trinajstić information content (AvgIpc) is 2.94. The number of phenolic OH excluding ortho intramolecular Hbond substituents is 1. The third-order valence-electron chi connectivity index (χ3n) is 4.37. The average molecular weight is 442 g/mol. The van der Waals surface area contributed by atoms with Gasteiger partial charge in [0.15, 0.2) is 6.61 Å². The number of para-hydroxylation sites is 2. The SMILES string of the molecule is CN1C(=C(C#N)C(=O)COC(=O)c2cc(Br)ccc2O)N(C)c2ccccc21. The number of rotatable bonds is 4. The Bertz CT molecular complexity index is 1010. The molecule has 0 saturated heterocycles. The Morgan fingerprint density at radius 1 is 1.14 bits per heavy atom. The Labute approximate surface area is 170 Å². The number of ketones is 1. The van der Waals surface area contributed by atoms with Gasteiger partial charge in [0, 0.05) is 18.6 Å². The monoisotopic (exact) mass is 441 g/mol. The second-order valence-electron chi connectivity index (χ2n) is 6.08. The zero-order chi connectivity index (χ0) is 20.4. The van der Waals surface area contributed by atoms with Crippen LogP contribution >= 0.6 is 15.9 Å². The molecule has 0 spiro atoms. The van der Waals surface area contributed by atoms with E-state index in [4.69, 9.17) is 4.74 Å². The van der Waals surface area contributed by atoms with Crippen LogP contribution in [0.25, 0.3) is 0 Å². The summed E-state index contributed by atoms with van der Waals surface area (Å²) in [6.07, 6.45) is 0. The zero-order valence-corrected chi connectivity index (χ0v) is 16.7. The molecule has 0 aliphatic carbocycles. The van der Waals surface area contributed by atoms with E-state index in [0.29, 0.717) is 10.3 Å². The van der Waals surface area contributed by atoms with E-state index in [2.05, 4.69) is 15.9 Å². The minimum Gasteiger partial charge on any atom is -0.507 e. The maximum Gasteiger partial charge on any atom is 0.342 e. The number of aromatic hydroxyl groups is 1. The first-order valence-electron chi connectivity index (χ1n) is 8.25. The standard InChI is InChI=1S/C20H16BrN3O4/c1-23-15-5-3-4-6-16(15)24(2)19(23)14(10-22)18(26)11-28-20(27)13-9-12(21)7-8-17(13)25/h3-9,25H,11H2,1-2H3. The lowest BCUT2D eigenvalue weighted by Gasteiger charge is -2.19. The van der Waals surface area contributed by atoms with Crippen LogP contribution in [0.3, 0.4) is 0 Å². The first-order valence-corrected chi connectivity index (χ1v) is 9.04. The molecule has 0 unspecified atom stereocenters. The predicted molar refractivity (Wildman–Crippen MR) is 107 cm³/mol. The number of fused-ring (bicyclic) bond motifs is 1. The highest BCUT2D eigenvalue weighted by Gasteiger charge is 2.31. The van der Waals surface area contributed by atoms with E-state index in [1.54, 1.807) is 30.0 Å². The Morgan fingerprint density at radius 3 is 2.32 bits per heavy atom. The van der Waals surface area contributed by atoms with Crippen LogP contribution in [0, 0.1) is 11.3 Å². The molecule has 0 atom stereocenters. The number of benzene rings is 2. The molecular formula is C20H16BrN3O4. The van der Waals surface area contributed by atoms with Crippen molar-refractivity contribution in [3.05, 3.63) is 63.9 Å². The molecule has 0 amide bonds. The van der Waals surface area contributed by atoms with Crippen LogP contribution in [-0.2, 0) is 9.53 Å². The van der Waals surface area contributed by atoms with Crippen LogP contribution in [-0.4, -0.2) is 37.6 Å². The van der Waals surface area contributed by atoms with Gasteiger partial charge in [-0.3, -0.25) is 4.79 Å². The van der Waals surface area contributed by atoms with Crippen LogP contribution in [0.2, 0.25) is 0 Å². The smallest absolute Gasteiger partial charge is 0.342 e.